The molecule has 1 N–H and O–H groups in total. The summed E-state index contributed by atoms with van der Waals surface area (Å²) in [6.45, 7) is 1.50. The Labute approximate surface area is 193 Å². The first kappa shape index (κ1) is 21.2. The van der Waals surface area contributed by atoms with Crippen LogP contribution in [-0.4, -0.2) is 42.3 Å². The molecule has 3 aromatic carbocycles. The number of fused-ring (bicyclic) bond motifs is 1. The SMILES string of the molecule is O=C(Nc1ccccc1)C1CCN(C(=O)C2CC(=O)N(c3cccc4ccccc34)C2)CC1. The molecule has 2 heterocycles. The monoisotopic (exact) mass is 441 g/mol. The molecule has 2 aliphatic heterocycles. The van der Waals surface area contributed by atoms with E-state index in [4.69, 9.17) is 0 Å². The summed E-state index contributed by atoms with van der Waals surface area (Å²) in [7, 11) is 0. The number of hydrogen-bond donors (Lipinski definition) is 1. The number of anilines is 2. The Balaban J connectivity index is 1.20. The number of piperidine rings is 1. The third-order valence-corrected chi connectivity index (χ3v) is 6.75. The van der Waals surface area contributed by atoms with Gasteiger partial charge in [-0.05, 0) is 36.4 Å². The number of likely N-dealkylation sites (tertiary alicyclic amines) is 1. The lowest BCUT2D eigenvalue weighted by molar-refractivity contribution is -0.138. The largest absolute Gasteiger partial charge is 0.342 e. The van der Waals surface area contributed by atoms with Gasteiger partial charge in [0.1, 0.15) is 0 Å². The van der Waals surface area contributed by atoms with Gasteiger partial charge in [-0.1, -0.05) is 54.6 Å². The second kappa shape index (κ2) is 9.06. The minimum Gasteiger partial charge on any atom is -0.342 e. The van der Waals surface area contributed by atoms with Crippen LogP contribution in [0.1, 0.15) is 19.3 Å². The van der Waals surface area contributed by atoms with Crippen molar-refractivity contribution < 1.29 is 14.4 Å². The van der Waals surface area contributed by atoms with E-state index in [0.29, 0.717) is 32.5 Å². The molecule has 2 aliphatic rings. The zero-order valence-electron chi connectivity index (χ0n) is 18.4. The van der Waals surface area contributed by atoms with E-state index in [1.165, 1.54) is 0 Å². The highest BCUT2D eigenvalue weighted by Crippen LogP contribution is 2.33. The average molecular weight is 442 g/mol. The minimum atomic E-state index is -0.342. The second-order valence-corrected chi connectivity index (χ2v) is 8.86. The van der Waals surface area contributed by atoms with Crippen molar-refractivity contribution in [2.45, 2.75) is 19.3 Å². The molecule has 2 saturated heterocycles. The maximum Gasteiger partial charge on any atom is 0.228 e. The summed E-state index contributed by atoms with van der Waals surface area (Å²) < 4.78 is 0. The molecule has 0 saturated carbocycles. The van der Waals surface area contributed by atoms with E-state index in [1.54, 1.807) is 4.90 Å². The zero-order valence-corrected chi connectivity index (χ0v) is 18.4. The highest BCUT2D eigenvalue weighted by Gasteiger charge is 2.39. The van der Waals surface area contributed by atoms with Crippen molar-refractivity contribution in [1.82, 2.24) is 4.90 Å². The molecule has 0 radical (unpaired) electrons. The highest BCUT2D eigenvalue weighted by molar-refractivity contribution is 6.07. The van der Waals surface area contributed by atoms with Crippen LogP contribution in [0.4, 0.5) is 11.4 Å². The van der Waals surface area contributed by atoms with Gasteiger partial charge in [0, 0.05) is 43.0 Å². The number of benzene rings is 3. The van der Waals surface area contributed by atoms with Crippen LogP contribution in [0.5, 0.6) is 0 Å². The van der Waals surface area contributed by atoms with E-state index in [2.05, 4.69) is 5.32 Å². The van der Waals surface area contributed by atoms with Crippen LogP contribution in [0.25, 0.3) is 10.8 Å². The molecule has 3 amide bonds. The lowest BCUT2D eigenvalue weighted by Crippen LogP contribution is -2.44. The van der Waals surface area contributed by atoms with Crippen LogP contribution >= 0.6 is 0 Å². The number of amides is 3. The van der Waals surface area contributed by atoms with Gasteiger partial charge in [0.05, 0.1) is 11.6 Å². The fourth-order valence-electron chi connectivity index (χ4n) is 4.94. The second-order valence-electron chi connectivity index (χ2n) is 8.86. The number of carbonyl (C=O) groups is 3. The molecular weight excluding hydrogens is 414 g/mol. The van der Waals surface area contributed by atoms with Gasteiger partial charge >= 0.3 is 0 Å². The van der Waals surface area contributed by atoms with E-state index in [-0.39, 0.29) is 36.0 Å². The van der Waals surface area contributed by atoms with E-state index in [9.17, 15) is 14.4 Å². The Bertz CT molecular complexity index is 1180. The molecule has 2 fully saturated rings. The summed E-state index contributed by atoms with van der Waals surface area (Å²) in [6, 6.07) is 23.3. The summed E-state index contributed by atoms with van der Waals surface area (Å²) in [6.07, 6.45) is 1.51. The van der Waals surface area contributed by atoms with Crippen molar-refractivity contribution in [3.05, 3.63) is 72.8 Å². The molecule has 0 spiro atoms. The Morgan fingerprint density at radius 2 is 1.52 bits per heavy atom. The first-order chi connectivity index (χ1) is 16.1. The van der Waals surface area contributed by atoms with E-state index < -0.39 is 0 Å². The van der Waals surface area contributed by atoms with Gasteiger partial charge in [0.25, 0.3) is 0 Å². The smallest absolute Gasteiger partial charge is 0.228 e. The summed E-state index contributed by atoms with van der Waals surface area (Å²) in [4.78, 5) is 42.2. The standard InChI is InChI=1S/C27H27N3O3/c31-25-17-21(18-30(25)24-12-6-8-19-7-4-5-11-23(19)24)27(33)29-15-13-20(14-16-29)26(32)28-22-9-2-1-3-10-22/h1-12,20-21H,13-18H2,(H,28,32). The van der Waals surface area contributed by atoms with Crippen LogP contribution in [0.3, 0.4) is 0 Å². The molecule has 0 aromatic heterocycles. The van der Waals surface area contributed by atoms with Gasteiger partial charge < -0.3 is 15.1 Å². The van der Waals surface area contributed by atoms with Crippen LogP contribution in [0, 0.1) is 11.8 Å². The normalized spacial score (nSPS) is 19.2. The van der Waals surface area contributed by atoms with Gasteiger partial charge in [-0.2, -0.15) is 0 Å². The molecule has 33 heavy (non-hydrogen) atoms. The lowest BCUT2D eigenvalue weighted by atomic mass is 9.94. The Hall–Kier alpha value is -3.67. The Morgan fingerprint density at radius 3 is 2.30 bits per heavy atom. The lowest BCUT2D eigenvalue weighted by Gasteiger charge is -2.33. The predicted molar refractivity (Wildman–Crippen MR) is 129 cm³/mol. The van der Waals surface area contributed by atoms with Crippen LogP contribution < -0.4 is 10.2 Å². The maximum atomic E-state index is 13.2. The van der Waals surface area contributed by atoms with Crippen LogP contribution in [0.2, 0.25) is 0 Å². The predicted octanol–water partition coefficient (Wildman–Crippen LogP) is 4.07. The molecule has 0 aliphatic carbocycles. The van der Waals surface area contributed by atoms with Crippen molar-refractivity contribution in [2.75, 3.05) is 29.9 Å². The molecule has 0 bridgehead atoms. The number of nitrogens with zero attached hydrogens (tertiary/aromatic N) is 2. The minimum absolute atomic E-state index is 0.00599. The fraction of sp³-hybridized carbons (Fsp3) is 0.296. The highest BCUT2D eigenvalue weighted by atomic mass is 16.2. The number of rotatable bonds is 4. The summed E-state index contributed by atoms with van der Waals surface area (Å²) in [5, 5.41) is 5.06. The third-order valence-electron chi connectivity index (χ3n) is 6.75. The van der Waals surface area contributed by atoms with Crippen LogP contribution in [-0.2, 0) is 14.4 Å². The number of nitrogens with one attached hydrogen (secondary N) is 1. The number of carbonyl (C=O) groups excluding carboxylic acids is 3. The van der Waals surface area contributed by atoms with Gasteiger partial charge in [0.2, 0.25) is 17.7 Å². The number of hydrogen-bond acceptors (Lipinski definition) is 3. The molecule has 3 aromatic rings. The zero-order chi connectivity index (χ0) is 22.8. The Kier molecular flexibility index (Phi) is 5.82. The first-order valence-electron chi connectivity index (χ1n) is 11.5. The quantitative estimate of drug-likeness (QED) is 0.664. The van der Waals surface area contributed by atoms with Crippen molar-refractivity contribution >= 4 is 39.9 Å². The molecular formula is C27H27N3O3. The molecule has 5 rings (SSSR count). The van der Waals surface area contributed by atoms with E-state index in [1.807, 2.05) is 77.7 Å². The first-order valence-corrected chi connectivity index (χ1v) is 11.5. The average Bonchev–Trinajstić information content (AvgIpc) is 3.25. The maximum absolute atomic E-state index is 13.2. The van der Waals surface area contributed by atoms with E-state index in [0.717, 1.165) is 22.1 Å². The van der Waals surface area contributed by atoms with Crippen molar-refractivity contribution in [3.8, 4) is 0 Å². The fourth-order valence-corrected chi connectivity index (χ4v) is 4.94. The van der Waals surface area contributed by atoms with Crippen LogP contribution in [0.15, 0.2) is 72.8 Å². The van der Waals surface area contributed by atoms with Crippen molar-refractivity contribution in [2.24, 2.45) is 11.8 Å². The molecule has 6 nitrogen and oxygen atoms in total. The van der Waals surface area contributed by atoms with E-state index >= 15 is 0 Å². The van der Waals surface area contributed by atoms with Crippen molar-refractivity contribution in [3.63, 3.8) is 0 Å². The van der Waals surface area contributed by atoms with Gasteiger partial charge in [-0.25, -0.2) is 0 Å². The topological polar surface area (TPSA) is 69.7 Å². The molecule has 168 valence electrons. The van der Waals surface area contributed by atoms with Gasteiger partial charge in [-0.3, -0.25) is 14.4 Å². The molecule has 1 atom stereocenters. The van der Waals surface area contributed by atoms with Gasteiger partial charge in [0.15, 0.2) is 0 Å². The molecule has 1 unspecified atom stereocenters. The van der Waals surface area contributed by atoms with Gasteiger partial charge in [-0.15, -0.1) is 0 Å². The summed E-state index contributed by atoms with van der Waals surface area (Å²) >= 11 is 0. The third kappa shape index (κ3) is 4.33. The Morgan fingerprint density at radius 1 is 0.818 bits per heavy atom. The van der Waals surface area contributed by atoms with Crippen molar-refractivity contribution in [1.29, 1.82) is 0 Å². The summed E-state index contributed by atoms with van der Waals surface area (Å²) in [5.74, 6) is -0.431. The summed E-state index contributed by atoms with van der Waals surface area (Å²) in [5.41, 5.74) is 1.66. The molecule has 6 heteroatoms. The number of para-hydroxylation sites is 1.